The zero-order chi connectivity index (χ0) is 21.9. The maximum Gasteiger partial charge on any atom is 0.305 e. The van der Waals surface area contributed by atoms with Gasteiger partial charge in [0.25, 0.3) is 5.91 Å². The van der Waals surface area contributed by atoms with Crippen molar-refractivity contribution < 1.29 is 23.8 Å². The molecule has 168 valence electrons. The lowest BCUT2D eigenvalue weighted by Gasteiger charge is -2.33. The molecule has 0 bridgehead atoms. The quantitative estimate of drug-likeness (QED) is 0.309. The average molecular weight is 442 g/mol. The van der Waals surface area contributed by atoms with Gasteiger partial charge in [-0.1, -0.05) is 11.6 Å². The van der Waals surface area contributed by atoms with E-state index in [4.69, 9.17) is 31.5 Å². The molecular weight excluding hydrogens is 410 g/mol. The molecule has 0 aromatic heterocycles. The van der Waals surface area contributed by atoms with E-state index in [-0.39, 0.29) is 18.0 Å². The number of anilines is 1. The normalized spacial score (nSPS) is 16.8. The molecule has 0 radical (unpaired) electrons. The minimum absolute atomic E-state index is 0.104. The summed E-state index contributed by atoms with van der Waals surface area (Å²) in [6, 6.07) is 3.09. The molecule has 8 nitrogen and oxygen atoms in total. The van der Waals surface area contributed by atoms with Gasteiger partial charge in [0, 0.05) is 32.1 Å². The monoisotopic (exact) mass is 441 g/mol. The predicted molar refractivity (Wildman–Crippen MR) is 116 cm³/mol. The fourth-order valence-electron chi connectivity index (χ4n) is 3.27. The Hall–Kier alpha value is -2.03. The van der Waals surface area contributed by atoms with Gasteiger partial charge in [-0.25, -0.2) is 0 Å². The molecule has 1 saturated heterocycles. The number of nitrogens with two attached hydrogens (primary N) is 1. The van der Waals surface area contributed by atoms with E-state index in [2.05, 4.69) is 10.2 Å². The topological polar surface area (TPSA) is 103 Å². The predicted octanol–water partition coefficient (Wildman–Crippen LogP) is 2.48. The molecule has 3 N–H and O–H groups in total. The number of amides is 1. The van der Waals surface area contributed by atoms with Crippen LogP contribution in [-0.2, 0) is 14.3 Å². The van der Waals surface area contributed by atoms with Crippen LogP contribution < -0.4 is 15.8 Å². The van der Waals surface area contributed by atoms with Crippen LogP contribution in [0.4, 0.5) is 5.69 Å². The standard InChI is InChI=1S/C21H32ClN3O5/c1-3-28-19-12-18(23)17(22)11-16(19)21(27)24-13-15-14-25(9-10-30-15)8-6-5-7-20(26)29-4-2/h11-12,15H,3-10,13-14,23H2,1-2H3,(H,24,27)/t15-/m1/s1. The second-order valence-corrected chi connectivity index (χ2v) is 7.48. The van der Waals surface area contributed by atoms with Crippen molar-refractivity contribution in [3.8, 4) is 5.75 Å². The number of benzene rings is 1. The lowest BCUT2D eigenvalue weighted by molar-refractivity contribution is -0.143. The number of carbonyl (C=O) groups excluding carboxylic acids is 2. The van der Waals surface area contributed by atoms with E-state index in [0.717, 1.165) is 32.5 Å². The van der Waals surface area contributed by atoms with Gasteiger partial charge in [0.2, 0.25) is 0 Å². The Morgan fingerprint density at radius 1 is 1.30 bits per heavy atom. The number of nitrogen functional groups attached to an aromatic ring is 1. The smallest absolute Gasteiger partial charge is 0.305 e. The summed E-state index contributed by atoms with van der Waals surface area (Å²) in [4.78, 5) is 26.3. The number of carbonyl (C=O) groups is 2. The summed E-state index contributed by atoms with van der Waals surface area (Å²) >= 11 is 6.07. The first-order chi connectivity index (χ1) is 14.4. The molecule has 1 aliphatic heterocycles. The Morgan fingerprint density at radius 3 is 2.83 bits per heavy atom. The number of hydrogen-bond donors (Lipinski definition) is 2. The summed E-state index contributed by atoms with van der Waals surface area (Å²) in [5.74, 6) is -0.0190. The van der Waals surface area contributed by atoms with Crippen molar-refractivity contribution in [1.82, 2.24) is 10.2 Å². The number of morpholine rings is 1. The summed E-state index contributed by atoms with van der Waals surface area (Å²) in [5, 5.41) is 3.21. The van der Waals surface area contributed by atoms with Crippen LogP contribution in [0.3, 0.4) is 0 Å². The Labute approximate surface area is 183 Å². The number of unbranched alkanes of at least 4 members (excludes halogenated alkanes) is 1. The first-order valence-corrected chi connectivity index (χ1v) is 10.8. The van der Waals surface area contributed by atoms with Crippen LogP contribution in [0.1, 0.15) is 43.5 Å². The van der Waals surface area contributed by atoms with Crippen LogP contribution in [-0.4, -0.2) is 68.9 Å². The summed E-state index contributed by atoms with van der Waals surface area (Å²) < 4.78 is 16.2. The third-order valence-electron chi connectivity index (χ3n) is 4.77. The molecule has 1 atom stereocenters. The van der Waals surface area contributed by atoms with Gasteiger partial charge in [0.05, 0.1) is 42.2 Å². The van der Waals surface area contributed by atoms with Crippen LogP contribution in [0, 0.1) is 0 Å². The van der Waals surface area contributed by atoms with E-state index in [9.17, 15) is 9.59 Å². The first kappa shape index (κ1) is 24.2. The highest BCUT2D eigenvalue weighted by Crippen LogP contribution is 2.29. The fourth-order valence-corrected chi connectivity index (χ4v) is 3.43. The molecular formula is C21H32ClN3O5. The number of esters is 1. The highest BCUT2D eigenvalue weighted by atomic mass is 35.5. The number of hydrogen-bond acceptors (Lipinski definition) is 7. The maximum absolute atomic E-state index is 12.7. The number of ether oxygens (including phenoxy) is 3. The lowest BCUT2D eigenvalue weighted by Crippen LogP contribution is -2.47. The van der Waals surface area contributed by atoms with Crippen LogP contribution in [0.5, 0.6) is 5.75 Å². The van der Waals surface area contributed by atoms with E-state index in [0.29, 0.717) is 54.8 Å². The van der Waals surface area contributed by atoms with Gasteiger partial charge >= 0.3 is 5.97 Å². The van der Waals surface area contributed by atoms with Crippen LogP contribution in [0.2, 0.25) is 5.02 Å². The summed E-state index contributed by atoms with van der Waals surface area (Å²) in [6.45, 7) is 7.92. The van der Waals surface area contributed by atoms with Gasteiger partial charge in [-0.15, -0.1) is 0 Å². The minimum Gasteiger partial charge on any atom is -0.493 e. The van der Waals surface area contributed by atoms with Gasteiger partial charge in [-0.05, 0) is 39.3 Å². The second-order valence-electron chi connectivity index (χ2n) is 7.07. The van der Waals surface area contributed by atoms with E-state index in [1.807, 2.05) is 13.8 Å². The Balaban J connectivity index is 1.79. The zero-order valence-corrected chi connectivity index (χ0v) is 18.5. The Bertz CT molecular complexity index is 716. The number of nitrogens with one attached hydrogen (secondary N) is 1. The van der Waals surface area contributed by atoms with E-state index < -0.39 is 0 Å². The summed E-state index contributed by atoms with van der Waals surface area (Å²) in [6.07, 6.45) is 2.06. The summed E-state index contributed by atoms with van der Waals surface area (Å²) in [7, 11) is 0. The SMILES string of the molecule is CCOC(=O)CCCCN1CCO[C@H](CNC(=O)c2cc(Cl)c(N)cc2OCC)C1. The molecule has 0 unspecified atom stereocenters. The Morgan fingerprint density at radius 2 is 2.10 bits per heavy atom. The van der Waals surface area contributed by atoms with E-state index in [1.54, 1.807) is 6.07 Å². The average Bonchev–Trinajstić information content (AvgIpc) is 2.72. The molecule has 1 aromatic carbocycles. The molecule has 1 heterocycles. The molecule has 1 amide bonds. The van der Waals surface area contributed by atoms with Crippen LogP contribution in [0.25, 0.3) is 0 Å². The molecule has 1 aromatic rings. The van der Waals surface area contributed by atoms with E-state index in [1.165, 1.54) is 6.07 Å². The van der Waals surface area contributed by atoms with Crippen molar-refractivity contribution in [3.05, 3.63) is 22.7 Å². The van der Waals surface area contributed by atoms with Crippen molar-refractivity contribution in [2.75, 3.05) is 51.7 Å². The van der Waals surface area contributed by atoms with Gasteiger partial charge in [0.15, 0.2) is 0 Å². The first-order valence-electron chi connectivity index (χ1n) is 10.4. The van der Waals surface area contributed by atoms with Crippen molar-refractivity contribution >= 4 is 29.2 Å². The molecule has 9 heteroatoms. The van der Waals surface area contributed by atoms with Gasteiger partial charge in [-0.3, -0.25) is 14.5 Å². The molecule has 1 aliphatic rings. The molecule has 30 heavy (non-hydrogen) atoms. The van der Waals surface area contributed by atoms with Crippen molar-refractivity contribution in [2.45, 2.75) is 39.2 Å². The number of nitrogens with zero attached hydrogens (tertiary/aromatic N) is 1. The van der Waals surface area contributed by atoms with Crippen molar-refractivity contribution in [1.29, 1.82) is 0 Å². The fraction of sp³-hybridized carbons (Fsp3) is 0.619. The third-order valence-corrected chi connectivity index (χ3v) is 5.09. The second kappa shape index (κ2) is 12.6. The minimum atomic E-state index is -0.282. The molecule has 0 spiro atoms. The number of halogens is 1. The third kappa shape index (κ3) is 7.66. The van der Waals surface area contributed by atoms with Gasteiger partial charge in [-0.2, -0.15) is 0 Å². The molecule has 0 saturated carbocycles. The van der Waals surface area contributed by atoms with Crippen molar-refractivity contribution in [3.63, 3.8) is 0 Å². The summed E-state index contributed by atoms with van der Waals surface area (Å²) in [5.41, 5.74) is 6.53. The van der Waals surface area contributed by atoms with Gasteiger partial charge < -0.3 is 25.3 Å². The molecule has 2 rings (SSSR count). The van der Waals surface area contributed by atoms with E-state index >= 15 is 0 Å². The highest BCUT2D eigenvalue weighted by molar-refractivity contribution is 6.33. The largest absolute Gasteiger partial charge is 0.493 e. The van der Waals surface area contributed by atoms with Crippen LogP contribution in [0.15, 0.2) is 12.1 Å². The zero-order valence-electron chi connectivity index (χ0n) is 17.7. The van der Waals surface area contributed by atoms with Gasteiger partial charge in [0.1, 0.15) is 5.75 Å². The van der Waals surface area contributed by atoms with Crippen LogP contribution >= 0.6 is 11.6 Å². The Kier molecular flexibility index (Phi) is 10.2. The highest BCUT2D eigenvalue weighted by Gasteiger charge is 2.22. The number of rotatable bonds is 11. The molecule has 0 aliphatic carbocycles. The lowest BCUT2D eigenvalue weighted by atomic mass is 10.1. The van der Waals surface area contributed by atoms with Crippen molar-refractivity contribution in [2.24, 2.45) is 0 Å². The molecule has 1 fully saturated rings. The maximum atomic E-state index is 12.7.